The Morgan fingerprint density at radius 2 is 1.76 bits per heavy atom. The Hall–Kier alpha value is -2.84. The minimum Gasteiger partial charge on any atom is -0.486 e. The van der Waals surface area contributed by atoms with Gasteiger partial charge in [-0.3, -0.25) is 10.1 Å². The van der Waals surface area contributed by atoms with Crippen LogP contribution in [0.3, 0.4) is 0 Å². The van der Waals surface area contributed by atoms with Gasteiger partial charge in [-0.25, -0.2) is 0 Å². The predicted molar refractivity (Wildman–Crippen MR) is 116 cm³/mol. The quantitative estimate of drug-likeness (QED) is 0.552. The molecule has 2 N–H and O–H groups in total. The number of fused-ring (bicyclic) bond motifs is 1. The molecule has 0 fully saturated rings. The van der Waals surface area contributed by atoms with Crippen LogP contribution in [-0.4, -0.2) is 24.2 Å². The van der Waals surface area contributed by atoms with E-state index in [9.17, 15) is 4.79 Å². The summed E-state index contributed by atoms with van der Waals surface area (Å²) in [7, 11) is 0. The first-order valence-corrected chi connectivity index (χ1v) is 10.1. The molecule has 1 aliphatic rings. The highest BCUT2D eigenvalue weighted by Crippen LogP contribution is 2.30. The average molecular weight is 473 g/mol. The number of nitrogens with one attached hydrogen (secondary N) is 2. The molecule has 0 aliphatic carbocycles. The molecular formula is C21H17BrN2O4S. The highest BCUT2D eigenvalue weighted by Gasteiger charge is 2.15. The third-order valence-corrected chi connectivity index (χ3v) is 5.02. The molecule has 1 aromatic heterocycles. The van der Waals surface area contributed by atoms with Crippen molar-refractivity contribution in [3.8, 4) is 22.8 Å². The molecule has 4 rings (SSSR count). The Balaban J connectivity index is 1.32. The topological polar surface area (TPSA) is 72.7 Å². The molecule has 0 atom stereocenters. The number of amides is 1. The summed E-state index contributed by atoms with van der Waals surface area (Å²) in [5.41, 5.74) is 1.42. The van der Waals surface area contributed by atoms with Gasteiger partial charge in [-0.15, -0.1) is 0 Å². The van der Waals surface area contributed by atoms with Gasteiger partial charge < -0.3 is 19.2 Å². The van der Waals surface area contributed by atoms with Crippen molar-refractivity contribution in [2.24, 2.45) is 0 Å². The molecule has 0 unspecified atom stereocenters. The highest BCUT2D eigenvalue weighted by molar-refractivity contribution is 9.10. The lowest BCUT2D eigenvalue weighted by atomic mass is 10.2. The number of ether oxygens (including phenoxy) is 2. The van der Waals surface area contributed by atoms with Crippen molar-refractivity contribution < 1.29 is 18.7 Å². The van der Waals surface area contributed by atoms with Crippen molar-refractivity contribution in [3.63, 3.8) is 0 Å². The first-order chi connectivity index (χ1) is 14.1. The van der Waals surface area contributed by atoms with Crippen LogP contribution in [-0.2, 0) is 6.54 Å². The van der Waals surface area contributed by atoms with Crippen molar-refractivity contribution in [1.29, 1.82) is 0 Å². The van der Waals surface area contributed by atoms with Crippen LogP contribution < -0.4 is 20.1 Å². The summed E-state index contributed by atoms with van der Waals surface area (Å²) in [6.07, 6.45) is 0. The molecule has 2 aromatic carbocycles. The van der Waals surface area contributed by atoms with Gasteiger partial charge in [0.1, 0.15) is 24.7 Å². The fraction of sp³-hybridized carbons (Fsp3) is 0.143. The smallest absolute Gasteiger partial charge is 0.257 e. The number of thiocarbonyl (C=S) groups is 1. The number of carbonyl (C=O) groups is 1. The predicted octanol–water partition coefficient (Wildman–Crippen LogP) is 4.28. The number of hydrogen-bond acceptors (Lipinski definition) is 5. The summed E-state index contributed by atoms with van der Waals surface area (Å²) >= 11 is 8.63. The van der Waals surface area contributed by atoms with Crippen molar-refractivity contribution in [3.05, 3.63) is 70.4 Å². The largest absolute Gasteiger partial charge is 0.486 e. The maximum Gasteiger partial charge on any atom is 0.257 e. The van der Waals surface area contributed by atoms with Gasteiger partial charge in [0.05, 0.1) is 6.54 Å². The van der Waals surface area contributed by atoms with E-state index in [2.05, 4.69) is 26.6 Å². The zero-order chi connectivity index (χ0) is 20.2. The van der Waals surface area contributed by atoms with E-state index in [4.69, 9.17) is 26.1 Å². The summed E-state index contributed by atoms with van der Waals surface area (Å²) in [5.74, 6) is 2.33. The monoisotopic (exact) mass is 472 g/mol. The van der Waals surface area contributed by atoms with Gasteiger partial charge >= 0.3 is 0 Å². The van der Waals surface area contributed by atoms with E-state index in [1.807, 2.05) is 36.4 Å². The van der Waals surface area contributed by atoms with Crippen LogP contribution in [0.25, 0.3) is 11.3 Å². The minimum atomic E-state index is -0.325. The zero-order valence-corrected chi connectivity index (χ0v) is 17.6. The Kier molecular flexibility index (Phi) is 5.82. The molecule has 0 saturated heterocycles. The second-order valence-corrected chi connectivity index (χ2v) is 7.59. The summed E-state index contributed by atoms with van der Waals surface area (Å²) in [6.45, 7) is 1.32. The zero-order valence-electron chi connectivity index (χ0n) is 15.2. The maximum absolute atomic E-state index is 12.4. The number of halogens is 1. The summed E-state index contributed by atoms with van der Waals surface area (Å²) in [6, 6.07) is 16.7. The number of furan rings is 1. The highest BCUT2D eigenvalue weighted by atomic mass is 79.9. The fourth-order valence-corrected chi connectivity index (χ4v) is 3.24. The van der Waals surface area contributed by atoms with Crippen molar-refractivity contribution in [1.82, 2.24) is 10.6 Å². The lowest BCUT2D eigenvalue weighted by Crippen LogP contribution is -2.38. The van der Waals surface area contributed by atoms with Gasteiger partial charge in [0.2, 0.25) is 0 Å². The summed E-state index contributed by atoms with van der Waals surface area (Å²) in [4.78, 5) is 12.4. The van der Waals surface area contributed by atoms with Gasteiger partial charge in [-0.05, 0) is 54.7 Å². The second-order valence-electron chi connectivity index (χ2n) is 6.27. The molecule has 8 heteroatoms. The molecule has 2 heterocycles. The van der Waals surface area contributed by atoms with Crippen LogP contribution in [0.1, 0.15) is 16.1 Å². The van der Waals surface area contributed by atoms with Gasteiger partial charge in [-0.2, -0.15) is 0 Å². The van der Waals surface area contributed by atoms with E-state index in [1.165, 1.54) is 0 Å². The molecular weight excluding hydrogens is 456 g/mol. The van der Waals surface area contributed by atoms with Crippen LogP contribution in [0.5, 0.6) is 11.5 Å². The second kappa shape index (κ2) is 8.67. The number of rotatable bonds is 4. The van der Waals surface area contributed by atoms with Gasteiger partial charge in [0, 0.05) is 15.6 Å². The van der Waals surface area contributed by atoms with Gasteiger partial charge in [0.15, 0.2) is 16.6 Å². The molecule has 6 nitrogen and oxygen atoms in total. The Bertz CT molecular complexity index is 1050. The molecule has 148 valence electrons. The number of carbonyl (C=O) groups excluding carboxylic acids is 1. The Morgan fingerprint density at radius 1 is 1.00 bits per heavy atom. The maximum atomic E-state index is 12.4. The average Bonchev–Trinajstić information content (AvgIpc) is 3.21. The fourth-order valence-electron chi connectivity index (χ4n) is 2.81. The third kappa shape index (κ3) is 4.78. The lowest BCUT2D eigenvalue weighted by molar-refractivity contribution is 0.0975. The van der Waals surface area contributed by atoms with Crippen LogP contribution in [0, 0.1) is 0 Å². The molecule has 0 saturated carbocycles. The van der Waals surface area contributed by atoms with E-state index in [0.717, 1.165) is 15.8 Å². The molecule has 0 bridgehead atoms. The van der Waals surface area contributed by atoms with Crippen molar-refractivity contribution in [2.45, 2.75) is 6.54 Å². The normalized spacial score (nSPS) is 12.3. The third-order valence-electron chi connectivity index (χ3n) is 4.24. The number of hydrogen-bond donors (Lipinski definition) is 2. The molecule has 3 aromatic rings. The van der Waals surface area contributed by atoms with E-state index in [1.54, 1.807) is 18.2 Å². The molecule has 0 radical (unpaired) electrons. The lowest BCUT2D eigenvalue weighted by Gasteiger charge is -2.18. The van der Waals surface area contributed by atoms with Gasteiger partial charge in [0.25, 0.3) is 5.91 Å². The Morgan fingerprint density at radius 3 is 2.55 bits per heavy atom. The van der Waals surface area contributed by atoms with E-state index in [0.29, 0.717) is 42.6 Å². The van der Waals surface area contributed by atoms with E-state index in [-0.39, 0.29) is 11.0 Å². The molecule has 0 spiro atoms. The minimum absolute atomic E-state index is 0.214. The van der Waals surface area contributed by atoms with E-state index >= 15 is 0 Å². The number of benzene rings is 2. The van der Waals surface area contributed by atoms with Gasteiger partial charge in [-0.1, -0.05) is 28.1 Å². The van der Waals surface area contributed by atoms with Crippen LogP contribution in [0.4, 0.5) is 0 Å². The van der Waals surface area contributed by atoms with E-state index < -0.39 is 0 Å². The first kappa shape index (κ1) is 19.5. The van der Waals surface area contributed by atoms with Crippen LogP contribution in [0.2, 0.25) is 0 Å². The van der Waals surface area contributed by atoms with Crippen molar-refractivity contribution >= 4 is 39.2 Å². The Labute approximate surface area is 181 Å². The molecule has 1 aliphatic heterocycles. The summed E-state index contributed by atoms with van der Waals surface area (Å²) in [5, 5.41) is 5.85. The SMILES string of the molecule is O=C(NC(=S)NCc1ccc(-c2ccc(Br)cc2)o1)c1ccc2c(c1)OCCO2. The molecule has 29 heavy (non-hydrogen) atoms. The van der Waals surface area contributed by atoms with Crippen LogP contribution >= 0.6 is 28.1 Å². The first-order valence-electron chi connectivity index (χ1n) is 8.92. The van der Waals surface area contributed by atoms with Crippen molar-refractivity contribution in [2.75, 3.05) is 13.2 Å². The summed E-state index contributed by atoms with van der Waals surface area (Å²) < 4.78 is 17.8. The molecule has 1 amide bonds. The van der Waals surface area contributed by atoms with Crippen LogP contribution in [0.15, 0.2) is 63.5 Å². The standard InChI is InChI=1S/C21H17BrN2O4S/c22-15-4-1-13(2-5-15)17-8-6-16(28-17)12-23-21(29)24-20(25)14-3-7-18-19(11-14)27-10-9-26-18/h1-8,11H,9-10,12H2,(H2,23,24,25,29).